The molecule has 0 atom stereocenters. The van der Waals surface area contributed by atoms with Crippen LogP contribution in [0.2, 0.25) is 0 Å². The molecule has 7 heteroatoms. The summed E-state index contributed by atoms with van der Waals surface area (Å²) in [4.78, 5) is 28.4. The minimum atomic E-state index is -0.506. The molecule has 0 aliphatic carbocycles. The molecular weight excluding hydrogens is 380 g/mol. The Kier molecular flexibility index (Phi) is 7.16. The summed E-state index contributed by atoms with van der Waals surface area (Å²) >= 11 is 0. The van der Waals surface area contributed by atoms with E-state index in [-0.39, 0.29) is 11.5 Å². The third kappa shape index (κ3) is 5.68. The normalized spacial score (nSPS) is 10.8. The van der Waals surface area contributed by atoms with Gasteiger partial charge < -0.3 is 20.9 Å². The fraction of sp³-hybridized carbons (Fsp3) is 0.0870. The molecule has 3 N–H and O–H groups in total. The second-order valence-electron chi connectivity index (χ2n) is 6.28. The Morgan fingerprint density at radius 1 is 0.967 bits per heavy atom. The van der Waals surface area contributed by atoms with Crippen LogP contribution in [0.5, 0.6) is 0 Å². The number of anilines is 1. The summed E-state index contributed by atoms with van der Waals surface area (Å²) in [6.07, 6.45) is 3.08. The number of nitrogens with one attached hydrogen (secondary N) is 3. The van der Waals surface area contributed by atoms with E-state index in [0.29, 0.717) is 17.8 Å². The van der Waals surface area contributed by atoms with Crippen molar-refractivity contribution in [3.63, 3.8) is 0 Å². The van der Waals surface area contributed by atoms with E-state index in [0.717, 1.165) is 11.3 Å². The molecule has 1 heterocycles. The maximum absolute atomic E-state index is 12.3. The first kappa shape index (κ1) is 20.6. The van der Waals surface area contributed by atoms with Gasteiger partial charge in [-0.2, -0.15) is 0 Å². The van der Waals surface area contributed by atoms with Gasteiger partial charge >= 0.3 is 5.97 Å². The second kappa shape index (κ2) is 10.4. The predicted molar refractivity (Wildman–Crippen MR) is 115 cm³/mol. The molecule has 0 aliphatic rings. The molecule has 1 aromatic heterocycles. The standard InChI is InChI=1S/C23H22N4O3/c1-30-23(29)20(21-9-5-6-14-24-21)16-26-27-19-12-10-18(11-13-19)22(28)25-15-17-7-3-2-4-8-17/h2-14,16,26-27H,15H2,1H3,(H,25,28). The largest absolute Gasteiger partial charge is 0.465 e. The number of amides is 1. The molecule has 0 unspecified atom stereocenters. The lowest BCUT2D eigenvalue weighted by atomic mass is 10.2. The van der Waals surface area contributed by atoms with Crippen LogP contribution in [0.15, 0.2) is 85.2 Å². The highest BCUT2D eigenvalue weighted by Crippen LogP contribution is 2.13. The third-order valence-electron chi connectivity index (χ3n) is 4.22. The Hall–Kier alpha value is -4.13. The number of hydrazine groups is 1. The lowest BCUT2D eigenvalue weighted by Gasteiger charge is -2.10. The monoisotopic (exact) mass is 402 g/mol. The van der Waals surface area contributed by atoms with Crippen molar-refractivity contribution in [1.29, 1.82) is 0 Å². The summed E-state index contributed by atoms with van der Waals surface area (Å²) in [5, 5.41) is 2.89. The maximum Gasteiger partial charge on any atom is 0.341 e. The number of benzene rings is 2. The first-order valence-corrected chi connectivity index (χ1v) is 9.31. The molecule has 0 bridgehead atoms. The molecule has 152 valence electrons. The zero-order chi connectivity index (χ0) is 21.2. The number of nitrogens with zero attached hydrogens (tertiary/aromatic N) is 1. The number of ether oxygens (including phenoxy) is 1. The molecule has 3 aromatic rings. The van der Waals surface area contributed by atoms with Crippen LogP contribution in [0.4, 0.5) is 5.69 Å². The first-order valence-electron chi connectivity index (χ1n) is 9.31. The van der Waals surface area contributed by atoms with Gasteiger partial charge in [-0.3, -0.25) is 9.78 Å². The molecule has 0 fully saturated rings. The Bertz CT molecular complexity index is 1000. The van der Waals surface area contributed by atoms with Crippen LogP contribution < -0.4 is 16.2 Å². The van der Waals surface area contributed by atoms with E-state index in [1.165, 1.54) is 13.3 Å². The Morgan fingerprint density at radius 3 is 2.37 bits per heavy atom. The molecular formula is C23H22N4O3. The highest BCUT2D eigenvalue weighted by Gasteiger charge is 2.13. The van der Waals surface area contributed by atoms with Gasteiger partial charge in [-0.25, -0.2) is 4.79 Å². The van der Waals surface area contributed by atoms with E-state index in [2.05, 4.69) is 21.2 Å². The number of carbonyl (C=O) groups is 2. The number of hydrogen-bond donors (Lipinski definition) is 3. The van der Waals surface area contributed by atoms with Crippen LogP contribution in [-0.4, -0.2) is 24.0 Å². The average molecular weight is 402 g/mol. The van der Waals surface area contributed by atoms with E-state index in [1.54, 1.807) is 48.7 Å². The summed E-state index contributed by atoms with van der Waals surface area (Å²) in [5.41, 5.74) is 8.89. The molecule has 0 radical (unpaired) electrons. The number of aromatic nitrogens is 1. The van der Waals surface area contributed by atoms with Gasteiger partial charge in [-0.15, -0.1) is 0 Å². The lowest BCUT2D eigenvalue weighted by molar-refractivity contribution is -0.133. The number of carbonyl (C=O) groups excluding carboxylic acids is 2. The van der Waals surface area contributed by atoms with Crippen molar-refractivity contribution in [1.82, 2.24) is 15.7 Å². The van der Waals surface area contributed by atoms with Crippen LogP contribution in [0.3, 0.4) is 0 Å². The van der Waals surface area contributed by atoms with Gasteiger partial charge in [-0.05, 0) is 42.0 Å². The molecule has 0 saturated heterocycles. The van der Waals surface area contributed by atoms with Crippen molar-refractivity contribution in [2.45, 2.75) is 6.54 Å². The molecule has 7 nitrogen and oxygen atoms in total. The van der Waals surface area contributed by atoms with Crippen molar-refractivity contribution in [3.8, 4) is 0 Å². The van der Waals surface area contributed by atoms with Crippen LogP contribution in [0, 0.1) is 0 Å². The molecule has 30 heavy (non-hydrogen) atoms. The van der Waals surface area contributed by atoms with Crippen LogP contribution >= 0.6 is 0 Å². The number of esters is 1. The minimum Gasteiger partial charge on any atom is -0.465 e. The molecule has 0 saturated carbocycles. The number of pyridine rings is 1. The van der Waals surface area contributed by atoms with E-state index in [1.807, 2.05) is 30.3 Å². The van der Waals surface area contributed by atoms with Gasteiger partial charge in [0, 0.05) is 24.5 Å². The smallest absolute Gasteiger partial charge is 0.341 e. The number of methoxy groups -OCH3 is 1. The summed E-state index contributed by atoms with van der Waals surface area (Å²) in [5.74, 6) is -0.658. The van der Waals surface area contributed by atoms with Crippen molar-refractivity contribution in [2.24, 2.45) is 0 Å². The summed E-state index contributed by atoms with van der Waals surface area (Å²) in [6, 6.07) is 21.9. The van der Waals surface area contributed by atoms with Gasteiger partial charge in [0.1, 0.15) is 5.57 Å². The summed E-state index contributed by atoms with van der Waals surface area (Å²) in [7, 11) is 1.31. The fourth-order valence-corrected chi connectivity index (χ4v) is 2.65. The Morgan fingerprint density at radius 2 is 1.70 bits per heavy atom. The molecule has 0 spiro atoms. The molecule has 3 rings (SSSR count). The van der Waals surface area contributed by atoms with Gasteiger partial charge in [0.15, 0.2) is 0 Å². The van der Waals surface area contributed by atoms with E-state index in [9.17, 15) is 9.59 Å². The van der Waals surface area contributed by atoms with Crippen LogP contribution in [0.25, 0.3) is 5.57 Å². The van der Waals surface area contributed by atoms with Gasteiger partial charge in [-0.1, -0.05) is 36.4 Å². The third-order valence-corrected chi connectivity index (χ3v) is 4.22. The van der Waals surface area contributed by atoms with Crippen molar-refractivity contribution in [2.75, 3.05) is 12.5 Å². The van der Waals surface area contributed by atoms with E-state index >= 15 is 0 Å². The minimum absolute atomic E-state index is 0.151. The highest BCUT2D eigenvalue weighted by molar-refractivity contribution is 6.15. The van der Waals surface area contributed by atoms with Crippen molar-refractivity contribution < 1.29 is 14.3 Å². The van der Waals surface area contributed by atoms with E-state index < -0.39 is 5.97 Å². The molecule has 2 aromatic carbocycles. The lowest BCUT2D eigenvalue weighted by Crippen LogP contribution is -2.23. The van der Waals surface area contributed by atoms with Gasteiger partial charge in [0.25, 0.3) is 5.91 Å². The Labute approximate surface area is 174 Å². The number of rotatable bonds is 8. The van der Waals surface area contributed by atoms with Gasteiger partial charge in [0.2, 0.25) is 0 Å². The zero-order valence-electron chi connectivity index (χ0n) is 16.5. The van der Waals surface area contributed by atoms with Crippen molar-refractivity contribution in [3.05, 3.63) is 102 Å². The number of hydrogen-bond acceptors (Lipinski definition) is 6. The SMILES string of the molecule is COC(=O)C(=CNNc1ccc(C(=O)NCc2ccccc2)cc1)c1ccccn1. The Balaban J connectivity index is 1.57. The first-order chi connectivity index (χ1) is 14.7. The zero-order valence-corrected chi connectivity index (χ0v) is 16.5. The molecule has 1 amide bonds. The predicted octanol–water partition coefficient (Wildman–Crippen LogP) is 3.14. The van der Waals surface area contributed by atoms with Gasteiger partial charge in [0.05, 0.1) is 18.5 Å². The maximum atomic E-state index is 12.3. The van der Waals surface area contributed by atoms with Crippen LogP contribution in [0.1, 0.15) is 21.6 Å². The van der Waals surface area contributed by atoms with Crippen molar-refractivity contribution >= 4 is 23.1 Å². The fourth-order valence-electron chi connectivity index (χ4n) is 2.65. The second-order valence-corrected chi connectivity index (χ2v) is 6.28. The van der Waals surface area contributed by atoms with E-state index in [4.69, 9.17) is 4.74 Å². The summed E-state index contributed by atoms with van der Waals surface area (Å²) in [6.45, 7) is 0.468. The quantitative estimate of drug-likeness (QED) is 0.305. The summed E-state index contributed by atoms with van der Waals surface area (Å²) < 4.78 is 4.81. The highest BCUT2D eigenvalue weighted by atomic mass is 16.5. The average Bonchev–Trinajstić information content (AvgIpc) is 2.81. The topological polar surface area (TPSA) is 92.4 Å². The molecule has 0 aliphatic heterocycles. The van der Waals surface area contributed by atoms with Crippen LogP contribution in [-0.2, 0) is 16.1 Å².